The highest BCUT2D eigenvalue weighted by Crippen LogP contribution is 2.33. The summed E-state index contributed by atoms with van der Waals surface area (Å²) in [5.41, 5.74) is 7.63. The smallest absolute Gasteiger partial charge is 0.335 e. The Balaban J connectivity index is 1.34. The van der Waals surface area contributed by atoms with Crippen LogP contribution >= 0.6 is 0 Å². The summed E-state index contributed by atoms with van der Waals surface area (Å²) >= 11 is 0. The zero-order chi connectivity index (χ0) is 32.8. The summed E-state index contributed by atoms with van der Waals surface area (Å²) in [7, 11) is 0. The second kappa shape index (κ2) is 17.1. The van der Waals surface area contributed by atoms with Gasteiger partial charge in [0.2, 0.25) is 0 Å². The lowest BCUT2D eigenvalue weighted by atomic mass is 9.93. The lowest BCUT2D eigenvalue weighted by Crippen LogP contribution is -2.08. The van der Waals surface area contributed by atoms with Gasteiger partial charge in [-0.3, -0.25) is 0 Å². The Bertz CT molecular complexity index is 1610. The van der Waals surface area contributed by atoms with Crippen molar-refractivity contribution in [3.63, 3.8) is 0 Å². The van der Waals surface area contributed by atoms with Crippen molar-refractivity contribution < 1.29 is 39.1 Å². The highest BCUT2D eigenvalue weighted by atomic mass is 16.5. The number of benzene rings is 5. The zero-order valence-corrected chi connectivity index (χ0v) is 26.0. The number of rotatable bonds is 17. The maximum absolute atomic E-state index is 12.2. The third-order valence-corrected chi connectivity index (χ3v) is 7.41. The van der Waals surface area contributed by atoms with Gasteiger partial charge in [-0.15, -0.1) is 0 Å². The Kier molecular flexibility index (Phi) is 12.1. The number of carboxylic acids is 1. The molecule has 47 heavy (non-hydrogen) atoms. The van der Waals surface area contributed by atoms with Gasteiger partial charge in [0, 0.05) is 0 Å². The fourth-order valence-electron chi connectivity index (χ4n) is 5.10. The first-order valence-electron chi connectivity index (χ1n) is 15.5. The molecule has 8 nitrogen and oxygen atoms in total. The van der Waals surface area contributed by atoms with E-state index in [0.717, 1.165) is 56.0 Å². The van der Waals surface area contributed by atoms with Crippen LogP contribution in [0.4, 0.5) is 0 Å². The van der Waals surface area contributed by atoms with E-state index in [-0.39, 0.29) is 32.0 Å². The molecule has 0 saturated carbocycles. The Labute approximate surface area is 274 Å². The largest absolute Gasteiger partial charge is 0.491 e. The Hall–Kier alpha value is -4.99. The molecule has 242 valence electrons. The van der Waals surface area contributed by atoms with Crippen LogP contribution in [0.1, 0.15) is 10.4 Å². The van der Waals surface area contributed by atoms with Crippen molar-refractivity contribution in [3.05, 3.63) is 121 Å². The summed E-state index contributed by atoms with van der Waals surface area (Å²) in [6.45, 7) is 2.14. The van der Waals surface area contributed by atoms with Crippen LogP contribution in [-0.4, -0.2) is 74.1 Å². The van der Waals surface area contributed by atoms with E-state index in [9.17, 15) is 9.90 Å². The minimum Gasteiger partial charge on any atom is -0.491 e. The van der Waals surface area contributed by atoms with E-state index in [1.54, 1.807) is 12.1 Å². The molecular weight excluding hydrogens is 596 g/mol. The SMILES string of the molecule is O=C(O)c1cc(-c2cccc(-c3ccc(OCCOCCO)cc3)c2)cc(-c2cccc(-c3ccc(OCCOCCO)cc3)c2)c1. The van der Waals surface area contributed by atoms with Crippen molar-refractivity contribution in [1.82, 2.24) is 0 Å². The molecule has 5 rings (SSSR count). The van der Waals surface area contributed by atoms with E-state index in [1.165, 1.54) is 0 Å². The lowest BCUT2D eigenvalue weighted by Gasteiger charge is -2.12. The van der Waals surface area contributed by atoms with Crippen LogP contribution in [0.25, 0.3) is 44.5 Å². The average molecular weight is 635 g/mol. The fourth-order valence-corrected chi connectivity index (χ4v) is 5.10. The topological polar surface area (TPSA) is 115 Å². The van der Waals surface area contributed by atoms with Crippen molar-refractivity contribution in [2.24, 2.45) is 0 Å². The molecule has 0 aromatic heterocycles. The van der Waals surface area contributed by atoms with Crippen LogP contribution < -0.4 is 9.47 Å². The summed E-state index contributed by atoms with van der Waals surface area (Å²) < 4.78 is 21.9. The minimum atomic E-state index is -0.991. The van der Waals surface area contributed by atoms with Gasteiger partial charge in [0.1, 0.15) is 24.7 Å². The predicted molar refractivity (Wildman–Crippen MR) is 182 cm³/mol. The molecule has 0 unspecified atom stereocenters. The maximum atomic E-state index is 12.2. The number of carbonyl (C=O) groups is 1. The summed E-state index contributed by atoms with van der Waals surface area (Å²) in [6, 6.07) is 37.1. The number of carboxylic acid groups (broad SMARTS) is 1. The van der Waals surface area contributed by atoms with E-state index in [1.807, 2.05) is 91.0 Å². The normalized spacial score (nSPS) is 10.9. The molecule has 0 heterocycles. The molecule has 0 aliphatic heterocycles. The molecule has 0 atom stereocenters. The highest BCUT2D eigenvalue weighted by Gasteiger charge is 2.12. The summed E-state index contributed by atoms with van der Waals surface area (Å²) in [6.07, 6.45) is 0. The molecule has 5 aromatic rings. The average Bonchev–Trinajstić information content (AvgIpc) is 3.12. The van der Waals surface area contributed by atoms with Gasteiger partial charge in [0.25, 0.3) is 0 Å². The number of hydrogen-bond donors (Lipinski definition) is 3. The second-order valence-electron chi connectivity index (χ2n) is 10.7. The van der Waals surface area contributed by atoms with Crippen molar-refractivity contribution in [2.75, 3.05) is 52.9 Å². The van der Waals surface area contributed by atoms with E-state index in [2.05, 4.69) is 12.1 Å². The molecule has 0 aliphatic carbocycles. The first kappa shape index (κ1) is 33.4. The van der Waals surface area contributed by atoms with E-state index < -0.39 is 5.97 Å². The van der Waals surface area contributed by atoms with Gasteiger partial charge in [-0.2, -0.15) is 0 Å². The fraction of sp³-hybridized carbons (Fsp3) is 0.205. The zero-order valence-electron chi connectivity index (χ0n) is 26.0. The molecule has 5 aromatic carbocycles. The van der Waals surface area contributed by atoms with Crippen molar-refractivity contribution >= 4 is 5.97 Å². The molecule has 0 saturated heterocycles. The van der Waals surface area contributed by atoms with Gasteiger partial charge >= 0.3 is 5.97 Å². The van der Waals surface area contributed by atoms with Gasteiger partial charge in [0.05, 0.1) is 45.2 Å². The van der Waals surface area contributed by atoms with E-state index in [4.69, 9.17) is 29.2 Å². The molecule has 0 aliphatic rings. The number of aliphatic hydroxyl groups excluding tert-OH is 2. The van der Waals surface area contributed by atoms with Gasteiger partial charge in [-0.25, -0.2) is 4.79 Å². The number of aliphatic hydroxyl groups is 2. The lowest BCUT2D eigenvalue weighted by molar-refractivity contribution is 0.0696. The third-order valence-electron chi connectivity index (χ3n) is 7.41. The summed E-state index contributed by atoms with van der Waals surface area (Å²) in [5.74, 6) is 0.460. The molecular formula is C39H38O8. The van der Waals surface area contributed by atoms with Gasteiger partial charge in [0.15, 0.2) is 0 Å². The monoisotopic (exact) mass is 634 g/mol. The third kappa shape index (κ3) is 9.51. The Morgan fingerprint density at radius 3 is 1.21 bits per heavy atom. The van der Waals surface area contributed by atoms with Crippen LogP contribution in [0.3, 0.4) is 0 Å². The minimum absolute atomic E-state index is 0.0134. The maximum Gasteiger partial charge on any atom is 0.335 e. The van der Waals surface area contributed by atoms with Crippen LogP contribution in [0.5, 0.6) is 11.5 Å². The predicted octanol–water partition coefficient (Wildman–Crippen LogP) is 6.83. The number of ether oxygens (including phenoxy) is 4. The molecule has 0 fully saturated rings. The molecule has 0 bridgehead atoms. The standard InChI is InChI=1S/C39H38O8/c40-15-17-44-19-21-46-37-11-7-28(8-12-37)30-3-1-5-32(23-30)34-25-35(27-36(26-34)39(42)43)33-6-2-4-31(24-33)29-9-13-38(14-10-29)47-22-20-45-18-16-41/h1-14,23-27,40-41H,15-22H2,(H,42,43). The summed E-state index contributed by atoms with van der Waals surface area (Å²) in [5, 5.41) is 27.6. The molecule has 8 heteroatoms. The van der Waals surface area contributed by atoms with Crippen molar-refractivity contribution in [2.45, 2.75) is 0 Å². The van der Waals surface area contributed by atoms with E-state index >= 15 is 0 Å². The van der Waals surface area contributed by atoms with Gasteiger partial charge in [-0.1, -0.05) is 60.7 Å². The van der Waals surface area contributed by atoms with Gasteiger partial charge < -0.3 is 34.3 Å². The summed E-state index contributed by atoms with van der Waals surface area (Å²) in [4.78, 5) is 12.2. The Morgan fingerprint density at radius 1 is 0.447 bits per heavy atom. The van der Waals surface area contributed by atoms with Gasteiger partial charge in [-0.05, 0) is 99.1 Å². The molecule has 0 amide bonds. The highest BCUT2D eigenvalue weighted by molar-refractivity contribution is 5.92. The van der Waals surface area contributed by atoms with Crippen molar-refractivity contribution in [3.8, 4) is 56.0 Å². The first-order chi connectivity index (χ1) is 23.0. The van der Waals surface area contributed by atoms with Crippen LogP contribution in [0.2, 0.25) is 0 Å². The quantitative estimate of drug-likeness (QED) is 0.0955. The van der Waals surface area contributed by atoms with Crippen molar-refractivity contribution in [1.29, 1.82) is 0 Å². The van der Waals surface area contributed by atoms with Crippen LogP contribution in [-0.2, 0) is 9.47 Å². The number of hydrogen-bond acceptors (Lipinski definition) is 7. The van der Waals surface area contributed by atoms with E-state index in [0.29, 0.717) is 26.4 Å². The van der Waals surface area contributed by atoms with Crippen LogP contribution in [0, 0.1) is 0 Å². The molecule has 0 radical (unpaired) electrons. The second-order valence-corrected chi connectivity index (χ2v) is 10.7. The first-order valence-corrected chi connectivity index (χ1v) is 15.5. The molecule has 0 spiro atoms. The Morgan fingerprint density at radius 2 is 0.830 bits per heavy atom. The molecule has 3 N–H and O–H groups in total. The van der Waals surface area contributed by atoms with Crippen LogP contribution in [0.15, 0.2) is 115 Å². The number of aromatic carboxylic acids is 1.